The number of para-hydroxylation sites is 1. The van der Waals surface area contributed by atoms with E-state index in [0.717, 1.165) is 49.3 Å². The molecule has 0 radical (unpaired) electrons. The summed E-state index contributed by atoms with van der Waals surface area (Å²) in [5.74, 6) is -0.627. The van der Waals surface area contributed by atoms with E-state index in [9.17, 15) is 13.6 Å². The van der Waals surface area contributed by atoms with Crippen LogP contribution in [0.1, 0.15) is 31.2 Å². The number of anilines is 1. The highest BCUT2D eigenvalue weighted by Gasteiger charge is 2.31. The van der Waals surface area contributed by atoms with E-state index in [1.54, 1.807) is 25.3 Å². The van der Waals surface area contributed by atoms with Gasteiger partial charge >= 0.3 is 6.03 Å². The van der Waals surface area contributed by atoms with Gasteiger partial charge in [-0.1, -0.05) is 24.3 Å². The summed E-state index contributed by atoms with van der Waals surface area (Å²) in [5, 5.41) is 4.41. The molecule has 214 valence electrons. The van der Waals surface area contributed by atoms with Gasteiger partial charge in [-0.2, -0.15) is 5.43 Å². The van der Waals surface area contributed by atoms with E-state index in [-0.39, 0.29) is 6.23 Å². The summed E-state index contributed by atoms with van der Waals surface area (Å²) < 4.78 is 41.8. The summed E-state index contributed by atoms with van der Waals surface area (Å²) in [6.45, 7) is 6.59. The summed E-state index contributed by atoms with van der Waals surface area (Å²) in [6.07, 6.45) is 1.47. The van der Waals surface area contributed by atoms with Crippen molar-refractivity contribution in [3.63, 3.8) is 0 Å². The van der Waals surface area contributed by atoms with Gasteiger partial charge in [0.05, 0.1) is 18.9 Å². The minimum atomic E-state index is -0.775. The third kappa shape index (κ3) is 8.97. The Hall–Kier alpha value is -3.09. The zero-order valence-corrected chi connectivity index (χ0v) is 22.8. The van der Waals surface area contributed by atoms with Crippen molar-refractivity contribution in [2.45, 2.75) is 31.9 Å². The van der Waals surface area contributed by atoms with Crippen LogP contribution in [0.15, 0.2) is 59.9 Å². The molecule has 2 aliphatic rings. The van der Waals surface area contributed by atoms with Gasteiger partial charge in [0.1, 0.15) is 5.82 Å². The molecule has 2 unspecified atom stereocenters. The van der Waals surface area contributed by atoms with E-state index in [1.165, 1.54) is 12.1 Å². The number of urea groups is 1. The predicted octanol–water partition coefficient (Wildman–Crippen LogP) is 3.69. The number of hydrogen-bond donors (Lipinski definition) is 3. The molecule has 4 N–H and O–H groups in total. The highest BCUT2D eigenvalue weighted by atomic mass is 19.2. The fourth-order valence-electron chi connectivity index (χ4n) is 4.49. The van der Waals surface area contributed by atoms with E-state index in [1.807, 2.05) is 37.3 Å². The molecule has 2 aliphatic heterocycles. The maximum Gasteiger partial charge on any atom is 0.317 e. The molecule has 0 aliphatic carbocycles. The Morgan fingerprint density at radius 2 is 1.82 bits per heavy atom. The maximum atomic E-state index is 13.1. The first kappa shape index (κ1) is 30.5. The van der Waals surface area contributed by atoms with Crippen LogP contribution in [0.2, 0.25) is 0 Å². The number of likely N-dealkylation sites (tertiary alicyclic amines) is 1. The first-order valence-corrected chi connectivity index (χ1v) is 13.0. The lowest BCUT2D eigenvalue weighted by atomic mass is 9.98. The zero-order valence-electron chi connectivity index (χ0n) is 22.8. The van der Waals surface area contributed by atoms with Crippen LogP contribution in [-0.4, -0.2) is 70.8 Å². The Bertz CT molecular complexity index is 1090. The number of ether oxygens (including phenoxy) is 3. The van der Waals surface area contributed by atoms with E-state index in [4.69, 9.17) is 19.9 Å². The van der Waals surface area contributed by atoms with Gasteiger partial charge < -0.3 is 24.8 Å². The number of hydrogen-bond acceptors (Lipinski definition) is 7. The van der Waals surface area contributed by atoms with Gasteiger partial charge in [-0.3, -0.25) is 10.3 Å². The number of carbonyl (C=O) groups excluding carboxylic acids is 1. The van der Waals surface area contributed by atoms with Crippen molar-refractivity contribution in [3.8, 4) is 0 Å². The Kier molecular flexibility index (Phi) is 12.1. The number of hydrazine groups is 1. The number of nitrogens with zero attached hydrogens (tertiary/aromatic N) is 2. The molecule has 0 spiro atoms. The molecule has 9 nitrogen and oxygen atoms in total. The van der Waals surface area contributed by atoms with E-state index in [2.05, 4.69) is 15.6 Å². The molecule has 11 heteroatoms. The van der Waals surface area contributed by atoms with Gasteiger partial charge in [0.2, 0.25) is 0 Å². The van der Waals surface area contributed by atoms with Gasteiger partial charge in [-0.15, -0.1) is 0 Å². The Labute approximate surface area is 228 Å². The topological polar surface area (TPSA) is 101 Å². The van der Waals surface area contributed by atoms with Crippen molar-refractivity contribution in [3.05, 3.63) is 77.1 Å². The van der Waals surface area contributed by atoms with Crippen molar-refractivity contribution in [1.29, 1.82) is 0 Å². The quantitative estimate of drug-likeness (QED) is 0.369. The lowest BCUT2D eigenvalue weighted by Crippen LogP contribution is -2.43. The molecule has 0 aromatic heterocycles. The molecule has 0 saturated carbocycles. The zero-order chi connectivity index (χ0) is 28.2. The first-order valence-electron chi connectivity index (χ1n) is 13.0. The van der Waals surface area contributed by atoms with Gasteiger partial charge in [-0.05, 0) is 62.1 Å². The van der Waals surface area contributed by atoms with Crippen molar-refractivity contribution in [1.82, 2.24) is 15.6 Å². The van der Waals surface area contributed by atoms with Crippen molar-refractivity contribution >= 4 is 11.7 Å². The van der Waals surface area contributed by atoms with Crippen LogP contribution in [0.25, 0.3) is 0 Å². The average molecular weight is 548 g/mol. The minimum Gasteiger partial charge on any atom is -0.385 e. The number of methoxy groups -OCH3 is 2. The van der Waals surface area contributed by atoms with Crippen LogP contribution in [-0.2, 0) is 14.2 Å². The molecule has 2 aromatic carbocycles. The predicted molar refractivity (Wildman–Crippen MR) is 146 cm³/mol. The van der Waals surface area contributed by atoms with Crippen molar-refractivity contribution in [2.75, 3.05) is 58.7 Å². The highest BCUT2D eigenvalue weighted by molar-refractivity contribution is 5.75. The van der Waals surface area contributed by atoms with E-state index < -0.39 is 17.7 Å². The van der Waals surface area contributed by atoms with Crippen LogP contribution in [0.5, 0.6) is 0 Å². The third-order valence-electron chi connectivity index (χ3n) is 6.57. The molecule has 39 heavy (non-hydrogen) atoms. The SMILES string of the molecule is COCCCOC1NN(c2ccccc2)C(NC(N)=O)=C1C.COCCN1CCC(c2ccc(F)c(F)c2)C1. The second-order valence-corrected chi connectivity index (χ2v) is 9.37. The molecule has 1 saturated heterocycles. The smallest absolute Gasteiger partial charge is 0.317 e. The number of amides is 2. The van der Waals surface area contributed by atoms with Gasteiger partial charge in [0.25, 0.3) is 0 Å². The highest BCUT2D eigenvalue weighted by Crippen LogP contribution is 2.28. The summed E-state index contributed by atoms with van der Waals surface area (Å²) >= 11 is 0. The van der Waals surface area contributed by atoms with Crippen LogP contribution in [0.4, 0.5) is 19.3 Å². The molecule has 4 rings (SSSR count). The van der Waals surface area contributed by atoms with Crippen LogP contribution >= 0.6 is 0 Å². The van der Waals surface area contributed by atoms with Gasteiger partial charge in [-0.25, -0.2) is 13.6 Å². The second kappa shape index (κ2) is 15.5. The van der Waals surface area contributed by atoms with Gasteiger partial charge in [0.15, 0.2) is 17.9 Å². The largest absolute Gasteiger partial charge is 0.385 e. The number of rotatable bonds is 11. The fourth-order valence-corrected chi connectivity index (χ4v) is 4.49. The number of nitrogens with two attached hydrogens (primary N) is 1. The van der Waals surface area contributed by atoms with Crippen LogP contribution in [0.3, 0.4) is 0 Å². The van der Waals surface area contributed by atoms with Crippen LogP contribution < -0.4 is 21.5 Å². The molecule has 2 aromatic rings. The summed E-state index contributed by atoms with van der Waals surface area (Å²) in [5.41, 5.74) is 11.1. The lowest BCUT2D eigenvalue weighted by molar-refractivity contribution is 0.0466. The molecule has 1 fully saturated rings. The number of primary amides is 1. The number of benzene rings is 2. The fraction of sp³-hybridized carbons (Fsp3) is 0.464. The first-order chi connectivity index (χ1) is 18.8. The molecule has 0 bridgehead atoms. The summed E-state index contributed by atoms with van der Waals surface area (Å²) in [4.78, 5) is 13.5. The number of carbonyl (C=O) groups is 1. The third-order valence-corrected chi connectivity index (χ3v) is 6.57. The van der Waals surface area contributed by atoms with Crippen molar-refractivity contribution in [2.24, 2.45) is 5.73 Å². The Morgan fingerprint density at radius 1 is 1.08 bits per heavy atom. The maximum absolute atomic E-state index is 13.1. The van der Waals surface area contributed by atoms with Crippen molar-refractivity contribution < 1.29 is 27.8 Å². The molecule has 2 atom stereocenters. The lowest BCUT2D eigenvalue weighted by Gasteiger charge is -2.23. The minimum absolute atomic E-state index is 0.307. The average Bonchev–Trinajstić information content (AvgIpc) is 3.53. The molecular formula is C28H39F2N5O4. The van der Waals surface area contributed by atoms with Gasteiger partial charge in [0, 0.05) is 39.5 Å². The molecular weight excluding hydrogens is 508 g/mol. The molecule has 2 amide bonds. The molecule has 2 heterocycles. The van der Waals surface area contributed by atoms with E-state index in [0.29, 0.717) is 31.6 Å². The number of halogens is 2. The summed E-state index contributed by atoms with van der Waals surface area (Å²) in [6, 6.07) is 13.2. The van der Waals surface area contributed by atoms with E-state index >= 15 is 0 Å². The van der Waals surface area contributed by atoms with Crippen LogP contribution in [0, 0.1) is 11.6 Å². The Morgan fingerprint density at radius 3 is 2.49 bits per heavy atom. The normalized spacial score (nSPS) is 19.3. The monoisotopic (exact) mass is 547 g/mol. The number of nitrogens with one attached hydrogen (secondary N) is 2. The summed E-state index contributed by atoms with van der Waals surface area (Å²) in [7, 11) is 3.34. The Balaban J connectivity index is 0.000000223. The second-order valence-electron chi connectivity index (χ2n) is 9.37. The standard InChI is InChI=1S/C15H22N4O3.C13H17F2NO/c1-11-13(17-15(16)20)19(12-7-4-3-5-8-12)18-14(11)22-10-6-9-21-2;1-17-7-6-16-5-4-11(9-16)10-2-3-12(14)13(15)8-10/h3-5,7-8,14,18H,6,9-10H2,1-2H3,(H3,16,17,20);2-3,8,11H,4-7,9H2,1H3.